The van der Waals surface area contributed by atoms with Gasteiger partial charge in [0.25, 0.3) is 0 Å². The fraction of sp³-hybridized carbons (Fsp3) is 0.417. The molecule has 1 unspecified atom stereocenters. The van der Waals surface area contributed by atoms with E-state index in [0.717, 1.165) is 11.1 Å². The Morgan fingerprint density at radius 3 is 2.47 bits per heavy atom. The second-order valence-electron chi connectivity index (χ2n) is 4.14. The third kappa shape index (κ3) is 2.29. The summed E-state index contributed by atoms with van der Waals surface area (Å²) in [6, 6.07) is 5.53. The van der Waals surface area contributed by atoms with Gasteiger partial charge in [-0.05, 0) is 24.0 Å². The number of nitrogens with two attached hydrogens (primary N) is 1. The first-order valence-electron chi connectivity index (χ1n) is 5.03. The van der Waals surface area contributed by atoms with E-state index in [4.69, 9.17) is 10.8 Å². The molecule has 0 fully saturated rings. The number of para-hydroxylation sites is 1. The predicted molar refractivity (Wildman–Crippen MR) is 60.8 cm³/mol. The molecule has 3 nitrogen and oxygen atoms in total. The molecule has 1 aromatic rings. The molecule has 15 heavy (non-hydrogen) atoms. The van der Waals surface area contributed by atoms with Crippen LogP contribution in [0, 0.1) is 12.8 Å². The fourth-order valence-electron chi connectivity index (χ4n) is 1.75. The predicted octanol–water partition coefficient (Wildman–Crippen LogP) is 2.40. The molecule has 0 saturated carbocycles. The van der Waals surface area contributed by atoms with Crippen molar-refractivity contribution in [3.63, 3.8) is 0 Å². The first-order valence-corrected chi connectivity index (χ1v) is 5.03. The number of hydrogen-bond donors (Lipinski definition) is 2. The van der Waals surface area contributed by atoms with E-state index in [1.54, 1.807) is 6.07 Å². The highest BCUT2D eigenvalue weighted by atomic mass is 16.4. The maximum atomic E-state index is 11.1. The van der Waals surface area contributed by atoms with Crippen LogP contribution in [-0.4, -0.2) is 11.1 Å². The largest absolute Gasteiger partial charge is 0.481 e. The Morgan fingerprint density at radius 2 is 2.00 bits per heavy atom. The van der Waals surface area contributed by atoms with Crippen molar-refractivity contribution in [2.24, 2.45) is 5.92 Å². The van der Waals surface area contributed by atoms with Gasteiger partial charge in [0, 0.05) is 5.69 Å². The lowest BCUT2D eigenvalue weighted by Crippen LogP contribution is -2.19. The van der Waals surface area contributed by atoms with Crippen molar-refractivity contribution in [2.45, 2.75) is 26.7 Å². The maximum absolute atomic E-state index is 11.1. The minimum atomic E-state index is -0.817. The van der Waals surface area contributed by atoms with Crippen LogP contribution in [0.25, 0.3) is 0 Å². The SMILES string of the molecule is Cc1cccc(C(C(=O)O)C(C)C)c1N. The molecule has 0 aliphatic rings. The van der Waals surface area contributed by atoms with Gasteiger partial charge in [0.05, 0.1) is 5.92 Å². The third-order valence-electron chi connectivity index (χ3n) is 2.63. The molecular formula is C12H17NO2. The summed E-state index contributed by atoms with van der Waals surface area (Å²) >= 11 is 0. The van der Waals surface area contributed by atoms with E-state index >= 15 is 0 Å². The molecule has 1 atom stereocenters. The van der Waals surface area contributed by atoms with Crippen LogP contribution >= 0.6 is 0 Å². The average Bonchev–Trinajstić information content (AvgIpc) is 2.11. The number of nitrogen functional groups attached to an aromatic ring is 1. The van der Waals surface area contributed by atoms with E-state index in [-0.39, 0.29) is 5.92 Å². The second-order valence-corrected chi connectivity index (χ2v) is 4.14. The molecule has 0 amide bonds. The molecule has 1 aromatic carbocycles. The lowest BCUT2D eigenvalue weighted by molar-refractivity contribution is -0.139. The third-order valence-corrected chi connectivity index (χ3v) is 2.63. The zero-order chi connectivity index (χ0) is 11.6. The smallest absolute Gasteiger partial charge is 0.311 e. The summed E-state index contributed by atoms with van der Waals surface area (Å²) in [4.78, 5) is 11.1. The molecule has 0 aromatic heterocycles. The molecule has 0 radical (unpaired) electrons. The fourth-order valence-corrected chi connectivity index (χ4v) is 1.75. The van der Waals surface area contributed by atoms with Gasteiger partial charge in [0.15, 0.2) is 0 Å². The highest BCUT2D eigenvalue weighted by molar-refractivity contribution is 5.79. The molecule has 3 heteroatoms. The summed E-state index contributed by atoms with van der Waals surface area (Å²) in [6.07, 6.45) is 0. The summed E-state index contributed by atoms with van der Waals surface area (Å²) in [7, 11) is 0. The lowest BCUT2D eigenvalue weighted by Gasteiger charge is -2.19. The zero-order valence-electron chi connectivity index (χ0n) is 9.32. The average molecular weight is 207 g/mol. The summed E-state index contributed by atoms with van der Waals surface area (Å²) in [5.74, 6) is -1.31. The Hall–Kier alpha value is -1.51. The zero-order valence-corrected chi connectivity index (χ0v) is 9.32. The van der Waals surface area contributed by atoms with Gasteiger partial charge in [-0.1, -0.05) is 32.0 Å². The van der Waals surface area contributed by atoms with Crippen LogP contribution in [-0.2, 0) is 4.79 Å². The van der Waals surface area contributed by atoms with Gasteiger partial charge in [-0.2, -0.15) is 0 Å². The summed E-state index contributed by atoms with van der Waals surface area (Å²) in [5, 5.41) is 9.16. The number of carbonyl (C=O) groups is 1. The van der Waals surface area contributed by atoms with E-state index in [0.29, 0.717) is 5.69 Å². The Morgan fingerprint density at radius 1 is 1.40 bits per heavy atom. The van der Waals surface area contributed by atoms with Gasteiger partial charge in [-0.15, -0.1) is 0 Å². The molecule has 1 rings (SSSR count). The van der Waals surface area contributed by atoms with Gasteiger partial charge in [-0.25, -0.2) is 0 Å². The van der Waals surface area contributed by atoms with Crippen LogP contribution in [0.15, 0.2) is 18.2 Å². The molecule has 0 heterocycles. The number of aryl methyl sites for hydroxylation is 1. The number of carboxylic acids is 1. The van der Waals surface area contributed by atoms with E-state index in [9.17, 15) is 4.79 Å². The lowest BCUT2D eigenvalue weighted by atomic mass is 9.86. The molecule has 82 valence electrons. The monoisotopic (exact) mass is 207 g/mol. The molecule has 0 aliphatic carbocycles. The minimum absolute atomic E-state index is 0.0339. The molecule has 0 aliphatic heterocycles. The molecule has 0 spiro atoms. The van der Waals surface area contributed by atoms with Crippen molar-refractivity contribution >= 4 is 11.7 Å². The van der Waals surface area contributed by atoms with Crippen molar-refractivity contribution in [3.05, 3.63) is 29.3 Å². The number of anilines is 1. The van der Waals surface area contributed by atoms with Crippen LogP contribution in [0.5, 0.6) is 0 Å². The summed E-state index contributed by atoms with van der Waals surface area (Å²) in [5.41, 5.74) is 8.14. The van der Waals surface area contributed by atoms with Gasteiger partial charge in [-0.3, -0.25) is 4.79 Å². The normalized spacial score (nSPS) is 12.8. The van der Waals surface area contributed by atoms with E-state index in [1.165, 1.54) is 0 Å². The quantitative estimate of drug-likeness (QED) is 0.748. The Kier molecular flexibility index (Phi) is 3.35. The topological polar surface area (TPSA) is 63.3 Å². The van der Waals surface area contributed by atoms with Gasteiger partial charge in [0.1, 0.15) is 0 Å². The Bertz CT molecular complexity index is 372. The van der Waals surface area contributed by atoms with Crippen LogP contribution in [0.1, 0.15) is 30.9 Å². The van der Waals surface area contributed by atoms with Crippen LogP contribution in [0.2, 0.25) is 0 Å². The summed E-state index contributed by atoms with van der Waals surface area (Å²) in [6.45, 7) is 5.67. The minimum Gasteiger partial charge on any atom is -0.481 e. The number of aliphatic carboxylic acids is 1. The van der Waals surface area contributed by atoms with E-state index in [1.807, 2.05) is 32.9 Å². The van der Waals surface area contributed by atoms with Gasteiger partial charge in [0.2, 0.25) is 0 Å². The Balaban J connectivity index is 3.23. The van der Waals surface area contributed by atoms with E-state index in [2.05, 4.69) is 0 Å². The van der Waals surface area contributed by atoms with Crippen molar-refractivity contribution in [2.75, 3.05) is 5.73 Å². The van der Waals surface area contributed by atoms with Gasteiger partial charge >= 0.3 is 5.97 Å². The molecule has 3 N–H and O–H groups in total. The second kappa shape index (κ2) is 4.34. The maximum Gasteiger partial charge on any atom is 0.311 e. The number of hydrogen-bond acceptors (Lipinski definition) is 2. The van der Waals surface area contributed by atoms with Crippen LogP contribution in [0.4, 0.5) is 5.69 Å². The van der Waals surface area contributed by atoms with Crippen molar-refractivity contribution in [3.8, 4) is 0 Å². The van der Waals surface area contributed by atoms with Gasteiger partial charge < -0.3 is 10.8 Å². The van der Waals surface area contributed by atoms with E-state index < -0.39 is 11.9 Å². The molecule has 0 saturated heterocycles. The van der Waals surface area contributed by atoms with Crippen LogP contribution < -0.4 is 5.73 Å². The number of carboxylic acid groups (broad SMARTS) is 1. The first kappa shape index (κ1) is 11.6. The number of rotatable bonds is 3. The van der Waals surface area contributed by atoms with Crippen molar-refractivity contribution < 1.29 is 9.90 Å². The highest BCUT2D eigenvalue weighted by Gasteiger charge is 2.25. The summed E-state index contributed by atoms with van der Waals surface area (Å²) < 4.78 is 0. The standard InChI is InChI=1S/C12H17NO2/c1-7(2)10(12(14)15)9-6-4-5-8(3)11(9)13/h4-7,10H,13H2,1-3H3,(H,14,15). The van der Waals surface area contributed by atoms with Crippen molar-refractivity contribution in [1.29, 1.82) is 0 Å². The van der Waals surface area contributed by atoms with Crippen molar-refractivity contribution in [1.82, 2.24) is 0 Å². The highest BCUT2D eigenvalue weighted by Crippen LogP contribution is 2.30. The van der Waals surface area contributed by atoms with Crippen LogP contribution in [0.3, 0.4) is 0 Å². The molecule has 0 bridgehead atoms. The molecular weight excluding hydrogens is 190 g/mol. The Labute approximate surface area is 89.9 Å². The first-order chi connectivity index (χ1) is 6.95. The number of benzene rings is 1.